The molecule has 0 radical (unpaired) electrons. The van der Waals surface area contributed by atoms with Gasteiger partial charge in [-0.3, -0.25) is 14.4 Å². The topological polar surface area (TPSA) is 134 Å². The van der Waals surface area contributed by atoms with Crippen molar-refractivity contribution in [2.24, 2.45) is 7.05 Å². The summed E-state index contributed by atoms with van der Waals surface area (Å²) in [6, 6.07) is 15.0. The number of carbonyl (C=O) groups is 3. The number of aliphatic hydroxyl groups is 1. The van der Waals surface area contributed by atoms with Crippen molar-refractivity contribution in [3.05, 3.63) is 93.0 Å². The Hall–Kier alpha value is -3.83. The molecular weight excluding hydrogens is 544 g/mol. The second-order valence-corrected chi connectivity index (χ2v) is 12.4. The van der Waals surface area contributed by atoms with Crippen molar-refractivity contribution in [2.75, 3.05) is 5.88 Å². The maximum atomic E-state index is 13.8. The summed E-state index contributed by atoms with van der Waals surface area (Å²) in [5.74, 6) is -1.45. The number of amides is 3. The van der Waals surface area contributed by atoms with Gasteiger partial charge in [0.05, 0.1) is 17.5 Å². The van der Waals surface area contributed by atoms with Crippen LogP contribution in [0.15, 0.2) is 63.9 Å². The van der Waals surface area contributed by atoms with Gasteiger partial charge in [0.15, 0.2) is 6.10 Å². The summed E-state index contributed by atoms with van der Waals surface area (Å²) >= 11 is 1.44. The molecule has 1 aliphatic rings. The highest BCUT2D eigenvalue weighted by molar-refractivity contribution is 8.00. The lowest BCUT2D eigenvalue weighted by molar-refractivity contribution is -0.147. The minimum absolute atomic E-state index is 0.000897. The van der Waals surface area contributed by atoms with Crippen LogP contribution in [0.1, 0.15) is 46.6 Å². The molecular formula is C30H36N4O6S. The maximum Gasteiger partial charge on any atom is 0.361 e. The van der Waals surface area contributed by atoms with Crippen LogP contribution >= 0.6 is 11.8 Å². The van der Waals surface area contributed by atoms with E-state index in [9.17, 15) is 24.3 Å². The molecule has 3 atom stereocenters. The van der Waals surface area contributed by atoms with E-state index >= 15 is 0 Å². The zero-order valence-corrected chi connectivity index (χ0v) is 24.7. The highest BCUT2D eigenvalue weighted by Crippen LogP contribution is 2.40. The molecule has 0 unspecified atom stereocenters. The Bertz CT molecular complexity index is 1480. The predicted octanol–water partition coefficient (Wildman–Crippen LogP) is 2.29. The smallest absolute Gasteiger partial charge is 0.361 e. The second-order valence-electron chi connectivity index (χ2n) is 10.8. The third-order valence-electron chi connectivity index (χ3n) is 7.45. The van der Waals surface area contributed by atoms with Crippen LogP contribution in [0, 0.1) is 13.8 Å². The molecule has 10 nitrogen and oxygen atoms in total. The Morgan fingerprint density at radius 1 is 1.10 bits per heavy atom. The minimum Gasteiger partial charge on any atom is -0.381 e. The third-order valence-corrected chi connectivity index (χ3v) is 8.83. The van der Waals surface area contributed by atoms with Crippen molar-refractivity contribution in [2.45, 2.75) is 63.6 Å². The Balaban J connectivity index is 1.57. The van der Waals surface area contributed by atoms with Crippen LogP contribution in [0.3, 0.4) is 0 Å². The van der Waals surface area contributed by atoms with E-state index in [2.05, 4.69) is 10.6 Å². The summed E-state index contributed by atoms with van der Waals surface area (Å²) in [5.41, 5.74) is 2.26. The molecule has 1 aromatic heterocycles. The SMILES string of the molecule is Cc1ccccc1CNC(=O)[C@H]1N(C(=O)[C@@H](O)[C@H](Cc2ccccc2)NC(=O)c2c(C)c(=O)on2C)CSC1(C)C. The summed E-state index contributed by atoms with van der Waals surface area (Å²) in [6.07, 6.45) is -1.52. The van der Waals surface area contributed by atoms with E-state index in [0.717, 1.165) is 21.4 Å². The van der Waals surface area contributed by atoms with E-state index in [1.54, 1.807) is 0 Å². The second kappa shape index (κ2) is 12.4. The number of hydrogen-bond acceptors (Lipinski definition) is 7. The van der Waals surface area contributed by atoms with Crippen molar-refractivity contribution in [1.29, 1.82) is 0 Å². The van der Waals surface area contributed by atoms with E-state index in [-0.39, 0.29) is 29.5 Å². The Morgan fingerprint density at radius 2 is 1.76 bits per heavy atom. The fourth-order valence-electron chi connectivity index (χ4n) is 5.07. The molecule has 4 rings (SSSR count). The summed E-state index contributed by atoms with van der Waals surface area (Å²) in [5, 5.41) is 17.1. The van der Waals surface area contributed by atoms with Gasteiger partial charge in [-0.2, -0.15) is 0 Å². The standard InChI is InChI=1S/C30H36N4O6S/c1-18-11-9-10-14-21(18)16-31-27(37)25-30(3,4)41-17-34(25)28(38)24(35)22(15-20-12-7-6-8-13-20)32-26(36)23-19(2)29(39)40-33(23)5/h6-14,22,24-25,35H,15-17H2,1-5H3,(H,31,37)(H,32,36)/t22-,24-,25+/m0/s1. The van der Waals surface area contributed by atoms with Crippen molar-refractivity contribution in [1.82, 2.24) is 20.3 Å². The van der Waals surface area contributed by atoms with Crippen LogP contribution in [-0.4, -0.2) is 61.3 Å². The predicted molar refractivity (Wildman–Crippen MR) is 156 cm³/mol. The van der Waals surface area contributed by atoms with Gasteiger partial charge in [0.1, 0.15) is 11.7 Å². The summed E-state index contributed by atoms with van der Waals surface area (Å²) in [4.78, 5) is 53.9. The Kier molecular flexibility index (Phi) is 9.08. The van der Waals surface area contributed by atoms with Gasteiger partial charge in [0.25, 0.3) is 11.8 Å². The number of thioether (sulfide) groups is 1. The molecule has 0 saturated carbocycles. The first kappa shape index (κ1) is 30.1. The molecule has 0 aliphatic carbocycles. The Morgan fingerprint density at radius 3 is 2.39 bits per heavy atom. The highest BCUT2D eigenvalue weighted by atomic mass is 32.2. The molecule has 2 heterocycles. The number of nitrogens with zero attached hydrogens (tertiary/aromatic N) is 2. The molecule has 0 spiro atoms. The van der Waals surface area contributed by atoms with Gasteiger partial charge >= 0.3 is 5.63 Å². The number of aliphatic hydroxyl groups excluding tert-OH is 1. The minimum atomic E-state index is -1.66. The van der Waals surface area contributed by atoms with E-state index in [1.807, 2.05) is 75.4 Å². The van der Waals surface area contributed by atoms with E-state index in [0.29, 0.717) is 6.54 Å². The molecule has 3 N–H and O–H groups in total. The van der Waals surface area contributed by atoms with Crippen LogP contribution in [0.4, 0.5) is 0 Å². The normalized spacial score (nSPS) is 17.6. The summed E-state index contributed by atoms with van der Waals surface area (Å²) < 4.78 is 5.45. The van der Waals surface area contributed by atoms with Crippen LogP contribution < -0.4 is 16.3 Å². The van der Waals surface area contributed by atoms with Crippen molar-refractivity contribution in [3.63, 3.8) is 0 Å². The third kappa shape index (κ3) is 6.57. The first-order valence-electron chi connectivity index (χ1n) is 13.4. The molecule has 218 valence electrons. The fraction of sp³-hybridized carbons (Fsp3) is 0.400. The molecule has 11 heteroatoms. The van der Waals surface area contributed by atoms with Gasteiger partial charge in [-0.25, -0.2) is 9.53 Å². The number of nitrogens with one attached hydrogen (secondary N) is 2. The van der Waals surface area contributed by atoms with Crippen molar-refractivity contribution in [3.8, 4) is 0 Å². The first-order valence-corrected chi connectivity index (χ1v) is 14.4. The zero-order chi connectivity index (χ0) is 29.9. The lowest BCUT2D eigenvalue weighted by atomic mass is 9.97. The monoisotopic (exact) mass is 580 g/mol. The van der Waals surface area contributed by atoms with Gasteiger partial charge in [0.2, 0.25) is 5.91 Å². The summed E-state index contributed by atoms with van der Waals surface area (Å²) in [6.45, 7) is 7.52. The molecule has 3 amide bonds. The fourth-order valence-corrected chi connectivity index (χ4v) is 6.21. The molecule has 3 aromatic rings. The van der Waals surface area contributed by atoms with Gasteiger partial charge in [-0.15, -0.1) is 11.8 Å². The van der Waals surface area contributed by atoms with Crippen molar-refractivity contribution < 1.29 is 24.0 Å². The van der Waals surface area contributed by atoms with Crippen LogP contribution in [0.5, 0.6) is 0 Å². The molecule has 1 aliphatic heterocycles. The maximum absolute atomic E-state index is 13.8. The number of carbonyl (C=O) groups excluding carboxylic acids is 3. The molecule has 1 fully saturated rings. The Labute approximate surface area is 243 Å². The van der Waals surface area contributed by atoms with E-state index < -0.39 is 40.4 Å². The molecule has 1 saturated heterocycles. The van der Waals surface area contributed by atoms with Gasteiger partial charge < -0.3 is 25.2 Å². The molecule has 41 heavy (non-hydrogen) atoms. The van der Waals surface area contributed by atoms with E-state index in [1.165, 1.54) is 30.6 Å². The van der Waals surface area contributed by atoms with Crippen molar-refractivity contribution >= 4 is 29.5 Å². The first-order chi connectivity index (χ1) is 19.4. The largest absolute Gasteiger partial charge is 0.381 e. The number of hydrogen-bond donors (Lipinski definition) is 3. The van der Waals surface area contributed by atoms with Gasteiger partial charge in [-0.1, -0.05) is 54.6 Å². The number of rotatable bonds is 9. The summed E-state index contributed by atoms with van der Waals surface area (Å²) in [7, 11) is 1.43. The number of aryl methyl sites for hydroxylation is 2. The zero-order valence-electron chi connectivity index (χ0n) is 23.8. The number of benzene rings is 2. The van der Waals surface area contributed by atoms with Gasteiger partial charge in [0, 0.05) is 18.3 Å². The van der Waals surface area contributed by atoms with Crippen LogP contribution in [0.25, 0.3) is 0 Å². The average Bonchev–Trinajstić information content (AvgIpc) is 3.39. The highest BCUT2D eigenvalue weighted by Gasteiger charge is 2.49. The van der Waals surface area contributed by atoms with E-state index in [4.69, 9.17) is 4.52 Å². The van der Waals surface area contributed by atoms with Crippen LogP contribution in [0.2, 0.25) is 0 Å². The van der Waals surface area contributed by atoms with Gasteiger partial charge in [-0.05, 0) is 50.8 Å². The molecule has 2 aromatic carbocycles. The lowest BCUT2D eigenvalue weighted by Gasteiger charge is -2.33. The molecule has 0 bridgehead atoms. The quantitative estimate of drug-likeness (QED) is 0.354. The average molecular weight is 581 g/mol. The number of aromatic nitrogens is 1. The lowest BCUT2D eigenvalue weighted by Crippen LogP contribution is -2.58. The van der Waals surface area contributed by atoms with Crippen LogP contribution in [-0.2, 0) is 29.6 Å².